The number of nitrogens with zero attached hydrogens (tertiary/aromatic N) is 1. The summed E-state index contributed by atoms with van der Waals surface area (Å²) in [5.41, 5.74) is 0. The first-order valence-electron chi connectivity index (χ1n) is 7.18. The molecular weight excluding hydrogens is 212 g/mol. The van der Waals surface area contributed by atoms with Crippen LogP contribution in [0.25, 0.3) is 0 Å². The molecule has 17 heavy (non-hydrogen) atoms. The average molecular weight is 242 g/mol. The van der Waals surface area contributed by atoms with Crippen molar-refractivity contribution in [2.45, 2.75) is 52.6 Å². The van der Waals surface area contributed by atoms with E-state index in [1.54, 1.807) is 0 Å². The number of piperidine rings is 1. The molecule has 0 saturated carbocycles. The van der Waals surface area contributed by atoms with Crippen LogP contribution in [0.4, 0.5) is 0 Å². The maximum absolute atomic E-state index is 5.44. The van der Waals surface area contributed by atoms with Gasteiger partial charge in [-0.25, -0.2) is 0 Å². The molecule has 1 fully saturated rings. The van der Waals surface area contributed by atoms with E-state index in [1.807, 2.05) is 0 Å². The van der Waals surface area contributed by atoms with E-state index in [1.165, 1.54) is 32.5 Å². The molecule has 0 spiro atoms. The van der Waals surface area contributed by atoms with Crippen LogP contribution in [0.15, 0.2) is 0 Å². The van der Waals surface area contributed by atoms with Crippen molar-refractivity contribution in [3.05, 3.63) is 0 Å². The van der Waals surface area contributed by atoms with E-state index in [2.05, 4.69) is 37.9 Å². The summed E-state index contributed by atoms with van der Waals surface area (Å²) >= 11 is 0. The molecular formula is C14H30N2O. The molecule has 1 aliphatic rings. The molecule has 0 aromatic rings. The zero-order valence-electron chi connectivity index (χ0n) is 12.0. The van der Waals surface area contributed by atoms with Crippen LogP contribution in [-0.2, 0) is 4.74 Å². The van der Waals surface area contributed by atoms with Gasteiger partial charge in [0.25, 0.3) is 0 Å². The summed E-state index contributed by atoms with van der Waals surface area (Å²) in [4.78, 5) is 2.59. The van der Waals surface area contributed by atoms with Crippen LogP contribution < -0.4 is 5.32 Å². The lowest BCUT2D eigenvalue weighted by Gasteiger charge is -2.34. The summed E-state index contributed by atoms with van der Waals surface area (Å²) in [6, 6.07) is 1.17. The lowest BCUT2D eigenvalue weighted by Crippen LogP contribution is -2.47. The Hall–Kier alpha value is -0.120. The maximum Gasteiger partial charge on any atom is 0.0616 e. The second-order valence-corrected chi connectivity index (χ2v) is 5.70. The standard InChI is InChI=1S/C14H30N2O/c1-5-17-11-13(4)15-14-6-8-16(9-7-14)10-12(2)3/h12-15H,5-11H2,1-4H3. The zero-order valence-corrected chi connectivity index (χ0v) is 12.0. The lowest BCUT2D eigenvalue weighted by molar-refractivity contribution is 0.113. The number of hydrogen-bond donors (Lipinski definition) is 1. The van der Waals surface area contributed by atoms with Crippen molar-refractivity contribution in [1.29, 1.82) is 0 Å². The van der Waals surface area contributed by atoms with Crippen LogP contribution in [0.3, 0.4) is 0 Å². The number of rotatable bonds is 7. The van der Waals surface area contributed by atoms with E-state index in [9.17, 15) is 0 Å². The van der Waals surface area contributed by atoms with Gasteiger partial charge in [0.1, 0.15) is 0 Å². The average Bonchev–Trinajstić information content (AvgIpc) is 2.28. The Morgan fingerprint density at radius 3 is 2.41 bits per heavy atom. The minimum absolute atomic E-state index is 0.483. The second kappa shape index (κ2) is 8.06. The minimum Gasteiger partial charge on any atom is -0.380 e. The summed E-state index contributed by atoms with van der Waals surface area (Å²) in [6.07, 6.45) is 2.56. The summed E-state index contributed by atoms with van der Waals surface area (Å²) < 4.78 is 5.44. The van der Waals surface area contributed by atoms with Crippen LogP contribution >= 0.6 is 0 Å². The number of likely N-dealkylation sites (tertiary alicyclic amines) is 1. The van der Waals surface area contributed by atoms with E-state index in [-0.39, 0.29) is 0 Å². The normalized spacial score (nSPS) is 21.0. The van der Waals surface area contributed by atoms with Crippen molar-refractivity contribution >= 4 is 0 Å². The zero-order chi connectivity index (χ0) is 12.7. The van der Waals surface area contributed by atoms with Gasteiger partial charge in [-0.05, 0) is 45.7 Å². The van der Waals surface area contributed by atoms with Crippen LogP contribution in [0.1, 0.15) is 40.5 Å². The lowest BCUT2D eigenvalue weighted by atomic mass is 10.0. The molecule has 3 heteroatoms. The predicted molar refractivity (Wildman–Crippen MR) is 73.4 cm³/mol. The van der Waals surface area contributed by atoms with Crippen molar-refractivity contribution in [3.8, 4) is 0 Å². The van der Waals surface area contributed by atoms with Gasteiger partial charge in [-0.15, -0.1) is 0 Å². The van der Waals surface area contributed by atoms with Crippen molar-refractivity contribution < 1.29 is 4.74 Å². The Morgan fingerprint density at radius 2 is 1.88 bits per heavy atom. The van der Waals surface area contributed by atoms with E-state index in [0.29, 0.717) is 12.1 Å². The molecule has 1 saturated heterocycles. The molecule has 1 aliphatic heterocycles. The smallest absolute Gasteiger partial charge is 0.0616 e. The molecule has 0 radical (unpaired) electrons. The molecule has 1 rings (SSSR count). The van der Waals surface area contributed by atoms with Gasteiger partial charge >= 0.3 is 0 Å². The molecule has 3 nitrogen and oxygen atoms in total. The first-order valence-corrected chi connectivity index (χ1v) is 7.18. The van der Waals surface area contributed by atoms with Crippen LogP contribution in [0, 0.1) is 5.92 Å². The van der Waals surface area contributed by atoms with Crippen LogP contribution in [0.5, 0.6) is 0 Å². The summed E-state index contributed by atoms with van der Waals surface area (Å²) in [5.74, 6) is 0.788. The van der Waals surface area contributed by atoms with E-state index >= 15 is 0 Å². The predicted octanol–water partition coefficient (Wildman–Crippen LogP) is 2.12. The Balaban J connectivity index is 2.14. The van der Waals surface area contributed by atoms with Gasteiger partial charge in [-0.2, -0.15) is 0 Å². The largest absolute Gasteiger partial charge is 0.380 e. The fraction of sp³-hybridized carbons (Fsp3) is 1.00. The summed E-state index contributed by atoms with van der Waals surface area (Å²) in [5, 5.41) is 3.68. The van der Waals surface area contributed by atoms with Crippen molar-refractivity contribution in [2.24, 2.45) is 5.92 Å². The molecule has 0 aromatic heterocycles. The molecule has 0 aromatic carbocycles. The third-order valence-electron chi connectivity index (χ3n) is 3.30. The van der Waals surface area contributed by atoms with Gasteiger partial charge in [0.15, 0.2) is 0 Å². The molecule has 0 aliphatic carbocycles. The van der Waals surface area contributed by atoms with Gasteiger partial charge in [-0.3, -0.25) is 0 Å². The van der Waals surface area contributed by atoms with Crippen LogP contribution in [-0.4, -0.2) is 49.8 Å². The number of nitrogens with one attached hydrogen (secondary N) is 1. The molecule has 0 bridgehead atoms. The molecule has 1 unspecified atom stereocenters. The SMILES string of the molecule is CCOCC(C)NC1CCN(CC(C)C)CC1. The third-order valence-corrected chi connectivity index (χ3v) is 3.30. The Labute approximate surface area is 107 Å². The van der Waals surface area contributed by atoms with Gasteiger partial charge in [0, 0.05) is 25.2 Å². The summed E-state index contributed by atoms with van der Waals surface area (Å²) in [6.45, 7) is 14.3. The third kappa shape index (κ3) is 6.39. The van der Waals surface area contributed by atoms with Crippen molar-refractivity contribution in [1.82, 2.24) is 10.2 Å². The monoisotopic (exact) mass is 242 g/mol. The van der Waals surface area contributed by atoms with E-state index in [4.69, 9.17) is 4.74 Å². The molecule has 1 atom stereocenters. The first-order chi connectivity index (χ1) is 8.11. The van der Waals surface area contributed by atoms with E-state index in [0.717, 1.165) is 19.1 Å². The Bertz CT molecular complexity index is 189. The Kier molecular flexibility index (Phi) is 7.09. The molecule has 1 N–H and O–H groups in total. The first kappa shape index (κ1) is 14.9. The molecule has 0 amide bonds. The molecule has 1 heterocycles. The van der Waals surface area contributed by atoms with Gasteiger partial charge in [0.05, 0.1) is 6.61 Å². The van der Waals surface area contributed by atoms with Gasteiger partial charge in [-0.1, -0.05) is 13.8 Å². The quantitative estimate of drug-likeness (QED) is 0.740. The highest BCUT2D eigenvalue weighted by atomic mass is 16.5. The van der Waals surface area contributed by atoms with Crippen LogP contribution in [0.2, 0.25) is 0 Å². The summed E-state index contributed by atoms with van der Waals surface area (Å²) in [7, 11) is 0. The Morgan fingerprint density at radius 1 is 1.24 bits per heavy atom. The molecule has 102 valence electrons. The van der Waals surface area contributed by atoms with Crippen molar-refractivity contribution in [2.75, 3.05) is 32.8 Å². The van der Waals surface area contributed by atoms with Gasteiger partial charge < -0.3 is 15.0 Å². The number of ether oxygens (including phenoxy) is 1. The van der Waals surface area contributed by atoms with E-state index < -0.39 is 0 Å². The second-order valence-electron chi connectivity index (χ2n) is 5.70. The fourth-order valence-electron chi connectivity index (χ4n) is 2.54. The maximum atomic E-state index is 5.44. The number of hydrogen-bond acceptors (Lipinski definition) is 3. The topological polar surface area (TPSA) is 24.5 Å². The highest BCUT2D eigenvalue weighted by Crippen LogP contribution is 2.12. The van der Waals surface area contributed by atoms with Crippen molar-refractivity contribution in [3.63, 3.8) is 0 Å². The minimum atomic E-state index is 0.483. The highest BCUT2D eigenvalue weighted by Gasteiger charge is 2.20. The van der Waals surface area contributed by atoms with Gasteiger partial charge in [0.2, 0.25) is 0 Å². The highest BCUT2D eigenvalue weighted by molar-refractivity contribution is 4.79. The fourth-order valence-corrected chi connectivity index (χ4v) is 2.54.